The van der Waals surface area contributed by atoms with E-state index in [2.05, 4.69) is 0 Å². The Bertz CT molecular complexity index is 469. The average Bonchev–Trinajstić information content (AvgIpc) is 2.40. The summed E-state index contributed by atoms with van der Waals surface area (Å²) in [5.41, 5.74) is 2.01. The second kappa shape index (κ2) is 7.52. The number of allylic oxidation sites excluding steroid dienone is 1. The van der Waals surface area contributed by atoms with Crippen LogP contribution in [0, 0.1) is 6.92 Å². The van der Waals surface area contributed by atoms with E-state index in [1.54, 1.807) is 12.1 Å². The van der Waals surface area contributed by atoms with E-state index in [9.17, 15) is 9.59 Å². The van der Waals surface area contributed by atoms with E-state index in [4.69, 9.17) is 4.74 Å². The molecule has 0 N–H and O–H groups in total. The van der Waals surface area contributed by atoms with Crippen molar-refractivity contribution in [3.05, 3.63) is 47.0 Å². The molecular formula is C16H20O3. The lowest BCUT2D eigenvalue weighted by Crippen LogP contribution is -2.14. The fourth-order valence-electron chi connectivity index (χ4n) is 1.59. The molecule has 3 heteroatoms. The van der Waals surface area contributed by atoms with E-state index in [1.807, 2.05) is 39.0 Å². The summed E-state index contributed by atoms with van der Waals surface area (Å²) in [4.78, 5) is 23.6. The van der Waals surface area contributed by atoms with Crippen molar-refractivity contribution in [2.45, 2.75) is 40.0 Å². The van der Waals surface area contributed by atoms with Gasteiger partial charge < -0.3 is 4.74 Å². The van der Waals surface area contributed by atoms with Gasteiger partial charge in [0.1, 0.15) is 0 Å². The number of unbranched alkanes of at least 4 members (excludes halogenated alkanes) is 1. The summed E-state index contributed by atoms with van der Waals surface area (Å²) in [6.45, 7) is 5.84. The van der Waals surface area contributed by atoms with Gasteiger partial charge in [-0.05, 0) is 31.9 Å². The van der Waals surface area contributed by atoms with Gasteiger partial charge in [0.2, 0.25) is 0 Å². The Labute approximate surface area is 114 Å². The van der Waals surface area contributed by atoms with E-state index >= 15 is 0 Å². The maximum atomic E-state index is 11.8. The molecule has 0 aliphatic carbocycles. The first-order chi connectivity index (χ1) is 9.08. The van der Waals surface area contributed by atoms with Gasteiger partial charge in [-0.3, -0.25) is 0 Å². The molecule has 1 rings (SSSR count). The maximum absolute atomic E-state index is 11.8. The predicted molar refractivity (Wildman–Crippen MR) is 74.9 cm³/mol. The van der Waals surface area contributed by atoms with Crippen LogP contribution >= 0.6 is 0 Å². The average molecular weight is 260 g/mol. The number of carbonyl (C=O) groups is 2. The van der Waals surface area contributed by atoms with E-state index in [1.165, 1.54) is 0 Å². The zero-order valence-corrected chi connectivity index (χ0v) is 11.7. The Morgan fingerprint density at radius 2 is 1.79 bits per heavy atom. The van der Waals surface area contributed by atoms with Crippen molar-refractivity contribution in [2.24, 2.45) is 0 Å². The molecule has 0 fully saturated rings. The number of esters is 2. The quantitative estimate of drug-likeness (QED) is 0.459. The highest BCUT2D eigenvalue weighted by molar-refractivity contribution is 6.02. The van der Waals surface area contributed by atoms with Crippen molar-refractivity contribution in [2.75, 3.05) is 0 Å². The molecule has 0 aliphatic heterocycles. The number of aryl methyl sites for hydroxylation is 1. The second-order valence-electron chi connectivity index (χ2n) is 4.41. The fraction of sp³-hybridized carbons (Fsp3) is 0.375. The molecule has 102 valence electrons. The molecule has 0 radical (unpaired) electrons. The highest BCUT2D eigenvalue weighted by Crippen LogP contribution is 2.10. The van der Waals surface area contributed by atoms with Crippen LogP contribution in [-0.4, -0.2) is 11.9 Å². The normalized spacial score (nSPS) is 11.2. The molecule has 0 spiro atoms. The molecule has 0 aromatic heterocycles. The molecule has 19 heavy (non-hydrogen) atoms. The topological polar surface area (TPSA) is 43.4 Å². The van der Waals surface area contributed by atoms with Gasteiger partial charge in [0.15, 0.2) is 0 Å². The summed E-state index contributed by atoms with van der Waals surface area (Å²) in [6, 6.07) is 6.95. The number of carbonyl (C=O) groups excluding carboxylic acids is 2. The van der Waals surface area contributed by atoms with Crippen LogP contribution in [0.2, 0.25) is 0 Å². The van der Waals surface area contributed by atoms with Crippen molar-refractivity contribution in [3.63, 3.8) is 0 Å². The molecular weight excluding hydrogens is 240 g/mol. The molecule has 0 atom stereocenters. The molecule has 3 nitrogen and oxygen atoms in total. The fourth-order valence-corrected chi connectivity index (χ4v) is 1.59. The number of hydrogen-bond donors (Lipinski definition) is 0. The standard InChI is InChI=1S/C16H20O3/c1-4-6-7-13(5-2)15(17)19-16(18)14-10-8-12(3)9-11-14/h7-11H,4-6H2,1-3H3. The van der Waals surface area contributed by atoms with Crippen LogP contribution in [0.3, 0.4) is 0 Å². The number of hydrogen-bond acceptors (Lipinski definition) is 3. The summed E-state index contributed by atoms with van der Waals surface area (Å²) in [7, 11) is 0. The summed E-state index contributed by atoms with van der Waals surface area (Å²) in [6.07, 6.45) is 4.18. The maximum Gasteiger partial charge on any atom is 0.346 e. The summed E-state index contributed by atoms with van der Waals surface area (Å²) >= 11 is 0. The van der Waals surface area contributed by atoms with Crippen LogP contribution in [0.5, 0.6) is 0 Å². The van der Waals surface area contributed by atoms with Crippen molar-refractivity contribution >= 4 is 11.9 Å². The molecule has 0 unspecified atom stereocenters. The molecule has 0 bridgehead atoms. The predicted octanol–water partition coefficient (Wildman–Crippen LogP) is 3.81. The monoisotopic (exact) mass is 260 g/mol. The van der Waals surface area contributed by atoms with Gasteiger partial charge in [-0.25, -0.2) is 9.59 Å². The summed E-state index contributed by atoms with van der Waals surface area (Å²) in [5, 5.41) is 0. The smallest absolute Gasteiger partial charge is 0.346 e. The minimum absolute atomic E-state index is 0.393. The third kappa shape index (κ3) is 4.70. The number of rotatable bonds is 5. The van der Waals surface area contributed by atoms with Crippen LogP contribution < -0.4 is 0 Å². The van der Waals surface area contributed by atoms with Crippen LogP contribution in [0.1, 0.15) is 49.0 Å². The van der Waals surface area contributed by atoms with Crippen LogP contribution in [0.4, 0.5) is 0 Å². The molecule has 0 aliphatic rings. The summed E-state index contributed by atoms with van der Waals surface area (Å²) < 4.78 is 4.88. The molecule has 0 saturated heterocycles. The lowest BCUT2D eigenvalue weighted by Gasteiger charge is -2.05. The first-order valence-corrected chi connectivity index (χ1v) is 6.60. The van der Waals surface area contributed by atoms with Crippen LogP contribution in [-0.2, 0) is 9.53 Å². The molecule has 0 saturated carbocycles. The Morgan fingerprint density at radius 1 is 1.16 bits per heavy atom. The lowest BCUT2D eigenvalue weighted by molar-refractivity contribution is -0.133. The van der Waals surface area contributed by atoms with Gasteiger partial charge >= 0.3 is 11.9 Å². The van der Waals surface area contributed by atoms with Gasteiger partial charge in [-0.1, -0.05) is 44.0 Å². The molecule has 1 aromatic rings. The van der Waals surface area contributed by atoms with Crippen LogP contribution in [0.15, 0.2) is 35.9 Å². The summed E-state index contributed by atoms with van der Waals surface area (Å²) in [5.74, 6) is -1.14. The van der Waals surface area contributed by atoms with E-state index in [0.29, 0.717) is 17.6 Å². The highest BCUT2D eigenvalue weighted by atomic mass is 16.6. The Balaban J connectivity index is 2.70. The van der Waals surface area contributed by atoms with Gasteiger partial charge in [-0.2, -0.15) is 0 Å². The van der Waals surface area contributed by atoms with Crippen molar-refractivity contribution in [3.8, 4) is 0 Å². The highest BCUT2D eigenvalue weighted by Gasteiger charge is 2.15. The van der Waals surface area contributed by atoms with E-state index < -0.39 is 11.9 Å². The van der Waals surface area contributed by atoms with Crippen molar-refractivity contribution in [1.82, 2.24) is 0 Å². The third-order valence-corrected chi connectivity index (χ3v) is 2.80. The molecule has 1 aromatic carbocycles. The SMILES string of the molecule is CCCC=C(CC)C(=O)OC(=O)c1ccc(C)cc1. The molecule has 0 amide bonds. The van der Waals surface area contributed by atoms with Gasteiger partial charge in [-0.15, -0.1) is 0 Å². The third-order valence-electron chi connectivity index (χ3n) is 2.80. The molecule has 0 heterocycles. The van der Waals surface area contributed by atoms with E-state index in [0.717, 1.165) is 18.4 Å². The second-order valence-corrected chi connectivity index (χ2v) is 4.41. The first kappa shape index (κ1) is 15.2. The Hall–Kier alpha value is -1.90. The minimum Gasteiger partial charge on any atom is -0.386 e. The Kier molecular flexibility index (Phi) is 6.00. The van der Waals surface area contributed by atoms with Crippen LogP contribution in [0.25, 0.3) is 0 Å². The van der Waals surface area contributed by atoms with Gasteiger partial charge in [0, 0.05) is 5.57 Å². The van der Waals surface area contributed by atoms with Gasteiger partial charge in [0.25, 0.3) is 0 Å². The van der Waals surface area contributed by atoms with Gasteiger partial charge in [0.05, 0.1) is 5.56 Å². The minimum atomic E-state index is -0.596. The Morgan fingerprint density at radius 3 is 2.32 bits per heavy atom. The van der Waals surface area contributed by atoms with E-state index in [-0.39, 0.29) is 0 Å². The zero-order valence-electron chi connectivity index (χ0n) is 11.7. The van der Waals surface area contributed by atoms with Crippen molar-refractivity contribution < 1.29 is 14.3 Å². The largest absolute Gasteiger partial charge is 0.386 e. The lowest BCUT2D eigenvalue weighted by atomic mass is 10.1. The first-order valence-electron chi connectivity index (χ1n) is 6.60. The number of benzene rings is 1. The zero-order chi connectivity index (χ0) is 14.3. The number of ether oxygens (including phenoxy) is 1. The van der Waals surface area contributed by atoms with Crippen molar-refractivity contribution in [1.29, 1.82) is 0 Å².